The van der Waals surface area contributed by atoms with Crippen molar-refractivity contribution in [2.24, 2.45) is 0 Å². The van der Waals surface area contributed by atoms with Crippen LogP contribution < -0.4 is 4.90 Å². The van der Waals surface area contributed by atoms with Crippen molar-refractivity contribution in [3.8, 4) is 0 Å². The summed E-state index contributed by atoms with van der Waals surface area (Å²) >= 11 is 0. The van der Waals surface area contributed by atoms with Gasteiger partial charge in [0.05, 0.1) is 7.11 Å². The number of anilines is 1. The van der Waals surface area contributed by atoms with Crippen molar-refractivity contribution in [2.45, 2.75) is 6.42 Å². The minimum Gasteiger partial charge on any atom is -0.468 e. The van der Waals surface area contributed by atoms with Crippen LogP contribution in [-0.2, 0) is 16.0 Å². The highest BCUT2D eigenvalue weighted by atomic mass is 16.5. The zero-order valence-corrected chi connectivity index (χ0v) is 11.7. The minimum absolute atomic E-state index is 0.0827. The van der Waals surface area contributed by atoms with Crippen LogP contribution in [0.3, 0.4) is 0 Å². The van der Waals surface area contributed by atoms with E-state index in [1.54, 1.807) is 6.07 Å². The van der Waals surface area contributed by atoms with Crippen molar-refractivity contribution >= 4 is 17.6 Å². The van der Waals surface area contributed by atoms with Gasteiger partial charge in [0, 0.05) is 17.7 Å². The van der Waals surface area contributed by atoms with Gasteiger partial charge < -0.3 is 4.74 Å². The summed E-state index contributed by atoms with van der Waals surface area (Å²) in [6.07, 6.45) is 0.676. The van der Waals surface area contributed by atoms with Crippen molar-refractivity contribution < 1.29 is 14.3 Å². The summed E-state index contributed by atoms with van der Waals surface area (Å²) in [7, 11) is 1.32. The van der Waals surface area contributed by atoms with E-state index in [-0.39, 0.29) is 12.5 Å². The average molecular weight is 281 g/mol. The van der Waals surface area contributed by atoms with E-state index < -0.39 is 5.97 Å². The van der Waals surface area contributed by atoms with Crippen molar-refractivity contribution in [1.82, 2.24) is 0 Å². The number of rotatable bonds is 2. The molecule has 2 aromatic rings. The monoisotopic (exact) mass is 281 g/mol. The van der Waals surface area contributed by atoms with E-state index in [9.17, 15) is 9.59 Å². The fourth-order valence-corrected chi connectivity index (χ4v) is 2.62. The van der Waals surface area contributed by atoms with Crippen LogP contribution in [0.15, 0.2) is 48.5 Å². The Hall–Kier alpha value is -2.62. The first kappa shape index (κ1) is 13.4. The Balaban J connectivity index is 2.13. The van der Waals surface area contributed by atoms with Crippen LogP contribution >= 0.6 is 0 Å². The molecular weight excluding hydrogens is 266 g/mol. The van der Waals surface area contributed by atoms with E-state index in [4.69, 9.17) is 4.74 Å². The van der Waals surface area contributed by atoms with Crippen LogP contribution in [0, 0.1) is 0 Å². The normalized spacial score (nSPS) is 13.2. The van der Waals surface area contributed by atoms with Crippen molar-refractivity contribution in [3.05, 3.63) is 65.2 Å². The Kier molecular flexibility index (Phi) is 3.44. The molecule has 4 heteroatoms. The molecule has 1 heterocycles. The number of hydrogen-bond donors (Lipinski definition) is 0. The number of ether oxygens (including phenoxy) is 1. The summed E-state index contributed by atoms with van der Waals surface area (Å²) in [4.78, 5) is 25.9. The Labute approximate surface area is 123 Å². The fraction of sp³-hybridized carbons (Fsp3) is 0.176. The molecule has 1 amide bonds. The molecule has 0 bridgehead atoms. The number of para-hydroxylation sites is 1. The zero-order chi connectivity index (χ0) is 14.8. The second-order valence-corrected chi connectivity index (χ2v) is 4.93. The SMILES string of the molecule is COC(=O)CN1C(=O)c2ccccc2Cc2ccccc21. The smallest absolute Gasteiger partial charge is 0.325 e. The summed E-state index contributed by atoms with van der Waals surface area (Å²) in [6.45, 7) is -0.0827. The lowest BCUT2D eigenvalue weighted by atomic mass is 10.0. The molecule has 4 nitrogen and oxygen atoms in total. The first-order chi connectivity index (χ1) is 10.2. The molecule has 106 valence electrons. The van der Waals surface area contributed by atoms with E-state index in [2.05, 4.69) is 0 Å². The Morgan fingerprint density at radius 2 is 1.76 bits per heavy atom. The number of esters is 1. The van der Waals surface area contributed by atoms with Crippen LogP contribution in [0.25, 0.3) is 0 Å². The molecule has 0 aliphatic carbocycles. The quantitative estimate of drug-likeness (QED) is 0.794. The van der Waals surface area contributed by atoms with Gasteiger partial charge >= 0.3 is 5.97 Å². The summed E-state index contributed by atoms with van der Waals surface area (Å²) in [5, 5.41) is 0. The Bertz CT molecular complexity index is 709. The van der Waals surface area contributed by atoms with Gasteiger partial charge in [0.2, 0.25) is 0 Å². The molecule has 0 N–H and O–H groups in total. The van der Waals surface area contributed by atoms with Gasteiger partial charge in [-0.1, -0.05) is 36.4 Å². The number of methoxy groups -OCH3 is 1. The van der Waals surface area contributed by atoms with E-state index in [0.29, 0.717) is 12.0 Å². The van der Waals surface area contributed by atoms with Gasteiger partial charge in [-0.25, -0.2) is 0 Å². The predicted octanol–water partition coefficient (Wildman–Crippen LogP) is 2.41. The topological polar surface area (TPSA) is 46.6 Å². The van der Waals surface area contributed by atoms with Gasteiger partial charge in [0.15, 0.2) is 0 Å². The maximum absolute atomic E-state index is 12.8. The molecule has 0 fully saturated rings. The number of benzene rings is 2. The third-order valence-electron chi connectivity index (χ3n) is 3.67. The van der Waals surface area contributed by atoms with Crippen LogP contribution in [0.1, 0.15) is 21.5 Å². The number of carbonyl (C=O) groups excluding carboxylic acids is 2. The number of nitrogens with zero attached hydrogens (tertiary/aromatic N) is 1. The molecule has 0 saturated heterocycles. The Morgan fingerprint density at radius 1 is 1.10 bits per heavy atom. The van der Waals surface area contributed by atoms with Crippen LogP contribution in [0.2, 0.25) is 0 Å². The lowest BCUT2D eigenvalue weighted by Crippen LogP contribution is -2.36. The van der Waals surface area contributed by atoms with Gasteiger partial charge in [-0.15, -0.1) is 0 Å². The predicted molar refractivity (Wildman–Crippen MR) is 79.4 cm³/mol. The Morgan fingerprint density at radius 3 is 2.52 bits per heavy atom. The van der Waals surface area contributed by atoms with E-state index in [1.165, 1.54) is 12.0 Å². The lowest BCUT2D eigenvalue weighted by molar-refractivity contribution is -0.138. The number of amides is 1. The van der Waals surface area contributed by atoms with Crippen molar-refractivity contribution in [2.75, 3.05) is 18.6 Å². The summed E-state index contributed by atoms with van der Waals surface area (Å²) in [5.74, 6) is -0.599. The van der Waals surface area contributed by atoms with Crippen LogP contribution in [0.4, 0.5) is 5.69 Å². The molecule has 0 unspecified atom stereocenters. The molecule has 1 aliphatic heterocycles. The molecular formula is C17H15NO3. The molecule has 0 saturated carbocycles. The van der Waals surface area contributed by atoms with E-state index in [0.717, 1.165) is 16.8 Å². The van der Waals surface area contributed by atoms with Crippen LogP contribution in [-0.4, -0.2) is 25.5 Å². The lowest BCUT2D eigenvalue weighted by Gasteiger charge is -2.21. The second kappa shape index (κ2) is 5.40. The van der Waals surface area contributed by atoms with Crippen LogP contribution in [0.5, 0.6) is 0 Å². The summed E-state index contributed by atoms with van der Waals surface area (Å²) in [6, 6.07) is 15.2. The largest absolute Gasteiger partial charge is 0.468 e. The minimum atomic E-state index is -0.433. The first-order valence-corrected chi connectivity index (χ1v) is 6.75. The molecule has 2 aromatic carbocycles. The summed E-state index contributed by atoms with van der Waals surface area (Å²) < 4.78 is 4.71. The van der Waals surface area contributed by atoms with Gasteiger partial charge in [0.25, 0.3) is 5.91 Å². The molecule has 3 rings (SSSR count). The van der Waals surface area contributed by atoms with Gasteiger partial charge in [-0.3, -0.25) is 14.5 Å². The molecule has 0 radical (unpaired) electrons. The highest BCUT2D eigenvalue weighted by molar-refractivity contribution is 6.10. The maximum atomic E-state index is 12.8. The van der Waals surface area contributed by atoms with E-state index >= 15 is 0 Å². The molecule has 0 spiro atoms. The second-order valence-electron chi connectivity index (χ2n) is 4.93. The van der Waals surface area contributed by atoms with Crippen molar-refractivity contribution in [1.29, 1.82) is 0 Å². The van der Waals surface area contributed by atoms with Crippen molar-refractivity contribution in [3.63, 3.8) is 0 Å². The maximum Gasteiger partial charge on any atom is 0.325 e. The molecule has 0 atom stereocenters. The third-order valence-corrected chi connectivity index (χ3v) is 3.67. The summed E-state index contributed by atoms with van der Waals surface area (Å²) in [5.41, 5.74) is 3.41. The first-order valence-electron chi connectivity index (χ1n) is 6.75. The van der Waals surface area contributed by atoms with E-state index in [1.807, 2.05) is 42.5 Å². The van der Waals surface area contributed by atoms with Gasteiger partial charge in [-0.05, 0) is 23.3 Å². The fourth-order valence-electron chi connectivity index (χ4n) is 2.62. The number of carbonyl (C=O) groups is 2. The average Bonchev–Trinajstić information content (AvgIpc) is 2.63. The molecule has 21 heavy (non-hydrogen) atoms. The number of fused-ring (bicyclic) bond motifs is 2. The molecule has 0 aromatic heterocycles. The zero-order valence-electron chi connectivity index (χ0n) is 11.7. The molecule has 1 aliphatic rings. The van der Waals surface area contributed by atoms with Gasteiger partial charge in [0.1, 0.15) is 6.54 Å². The highest BCUT2D eigenvalue weighted by Gasteiger charge is 2.27. The standard InChI is InChI=1S/C17H15NO3/c1-21-16(19)11-18-15-9-5-3-7-13(15)10-12-6-2-4-8-14(12)17(18)20/h2-9H,10-11H2,1H3. The van der Waals surface area contributed by atoms with Gasteiger partial charge in [-0.2, -0.15) is 0 Å². The number of hydrogen-bond acceptors (Lipinski definition) is 3. The highest BCUT2D eigenvalue weighted by Crippen LogP contribution is 2.30. The third kappa shape index (κ3) is 2.40.